The van der Waals surface area contributed by atoms with E-state index in [9.17, 15) is 4.39 Å². The lowest BCUT2D eigenvalue weighted by atomic mass is 9.97. The zero-order valence-electron chi connectivity index (χ0n) is 7.51. The molecule has 1 N–H and O–H groups in total. The van der Waals surface area contributed by atoms with Crippen molar-refractivity contribution in [2.24, 2.45) is 0 Å². The minimum atomic E-state index is -0.184. The standard InChI is InChI=1S/C10H12FNO/c1-13-7-2-3-8(9(11)6-7)10-4-5-12-10/h2-3,6,10,12H,4-5H2,1H3. The smallest absolute Gasteiger partial charge is 0.131 e. The summed E-state index contributed by atoms with van der Waals surface area (Å²) in [6, 6.07) is 5.20. The van der Waals surface area contributed by atoms with Crippen molar-refractivity contribution in [3.05, 3.63) is 29.6 Å². The van der Waals surface area contributed by atoms with Crippen LogP contribution >= 0.6 is 0 Å². The van der Waals surface area contributed by atoms with Gasteiger partial charge in [0.1, 0.15) is 11.6 Å². The largest absolute Gasteiger partial charge is 0.497 e. The second-order valence-corrected chi connectivity index (χ2v) is 3.18. The molecular weight excluding hydrogens is 169 g/mol. The average molecular weight is 181 g/mol. The zero-order chi connectivity index (χ0) is 9.26. The maximum absolute atomic E-state index is 13.4. The van der Waals surface area contributed by atoms with E-state index in [1.165, 1.54) is 13.2 Å². The highest BCUT2D eigenvalue weighted by Gasteiger charge is 2.21. The Morgan fingerprint density at radius 3 is 2.77 bits per heavy atom. The summed E-state index contributed by atoms with van der Waals surface area (Å²) in [5.74, 6) is 0.386. The Balaban J connectivity index is 2.26. The molecule has 2 nitrogen and oxygen atoms in total. The predicted molar refractivity (Wildman–Crippen MR) is 48.3 cm³/mol. The van der Waals surface area contributed by atoms with E-state index in [0.717, 1.165) is 18.5 Å². The minimum absolute atomic E-state index is 0.184. The fourth-order valence-corrected chi connectivity index (χ4v) is 1.47. The van der Waals surface area contributed by atoms with Crippen LogP contribution in [0.1, 0.15) is 18.0 Å². The van der Waals surface area contributed by atoms with Crippen molar-refractivity contribution in [3.8, 4) is 5.75 Å². The Bertz CT molecular complexity index is 310. The maximum atomic E-state index is 13.4. The molecule has 1 unspecified atom stereocenters. The first kappa shape index (κ1) is 8.51. The monoisotopic (exact) mass is 181 g/mol. The van der Waals surface area contributed by atoms with Gasteiger partial charge in [0.15, 0.2) is 0 Å². The van der Waals surface area contributed by atoms with E-state index in [1.54, 1.807) is 12.1 Å². The van der Waals surface area contributed by atoms with Gasteiger partial charge in [-0.05, 0) is 19.0 Å². The van der Waals surface area contributed by atoms with Crippen LogP contribution in [0.5, 0.6) is 5.75 Å². The van der Waals surface area contributed by atoms with Crippen LogP contribution < -0.4 is 10.1 Å². The van der Waals surface area contributed by atoms with Gasteiger partial charge in [-0.15, -0.1) is 0 Å². The molecule has 0 radical (unpaired) electrons. The van der Waals surface area contributed by atoms with Gasteiger partial charge >= 0.3 is 0 Å². The van der Waals surface area contributed by atoms with Gasteiger partial charge in [-0.2, -0.15) is 0 Å². The van der Waals surface area contributed by atoms with E-state index in [0.29, 0.717) is 5.75 Å². The van der Waals surface area contributed by atoms with Crippen LogP contribution in [0.4, 0.5) is 4.39 Å². The quantitative estimate of drug-likeness (QED) is 0.752. The maximum Gasteiger partial charge on any atom is 0.131 e. The summed E-state index contributed by atoms with van der Waals surface area (Å²) >= 11 is 0. The molecule has 0 bridgehead atoms. The number of ether oxygens (including phenoxy) is 1. The fraction of sp³-hybridized carbons (Fsp3) is 0.400. The summed E-state index contributed by atoms with van der Waals surface area (Å²) in [6.07, 6.45) is 1.02. The number of benzene rings is 1. The summed E-state index contributed by atoms with van der Waals surface area (Å²) < 4.78 is 18.3. The number of halogens is 1. The molecule has 1 aliphatic rings. The van der Waals surface area contributed by atoms with Crippen LogP contribution in [-0.2, 0) is 0 Å². The molecule has 13 heavy (non-hydrogen) atoms. The Morgan fingerprint density at radius 2 is 2.31 bits per heavy atom. The molecule has 1 heterocycles. The molecular formula is C10H12FNO. The molecule has 1 saturated heterocycles. The van der Waals surface area contributed by atoms with Crippen LogP contribution in [0, 0.1) is 5.82 Å². The average Bonchev–Trinajstić information content (AvgIpc) is 2.05. The molecule has 1 atom stereocenters. The summed E-state index contributed by atoms with van der Waals surface area (Å²) in [6.45, 7) is 0.982. The minimum Gasteiger partial charge on any atom is -0.497 e. The highest BCUT2D eigenvalue weighted by Crippen LogP contribution is 2.27. The van der Waals surface area contributed by atoms with Crippen LogP contribution in [0.3, 0.4) is 0 Å². The summed E-state index contributed by atoms with van der Waals surface area (Å²) in [4.78, 5) is 0. The highest BCUT2D eigenvalue weighted by atomic mass is 19.1. The number of nitrogens with one attached hydrogen (secondary N) is 1. The Kier molecular flexibility index (Phi) is 2.19. The number of methoxy groups -OCH3 is 1. The first-order valence-electron chi connectivity index (χ1n) is 4.38. The van der Waals surface area contributed by atoms with Gasteiger partial charge in [-0.1, -0.05) is 6.07 Å². The first-order valence-corrected chi connectivity index (χ1v) is 4.38. The molecule has 1 aliphatic heterocycles. The van der Waals surface area contributed by atoms with Crippen molar-refractivity contribution in [3.63, 3.8) is 0 Å². The van der Waals surface area contributed by atoms with E-state index in [4.69, 9.17) is 4.74 Å². The SMILES string of the molecule is COc1ccc(C2CCN2)c(F)c1. The third-order valence-electron chi connectivity index (χ3n) is 2.41. The molecule has 0 aliphatic carbocycles. The molecule has 1 aromatic carbocycles. The van der Waals surface area contributed by atoms with Gasteiger partial charge < -0.3 is 10.1 Å². The van der Waals surface area contributed by atoms with Gasteiger partial charge in [0.25, 0.3) is 0 Å². The molecule has 3 heteroatoms. The number of hydrogen-bond acceptors (Lipinski definition) is 2. The summed E-state index contributed by atoms with van der Waals surface area (Å²) in [5.41, 5.74) is 0.743. The number of rotatable bonds is 2. The lowest BCUT2D eigenvalue weighted by Crippen LogP contribution is -2.35. The topological polar surface area (TPSA) is 21.3 Å². The molecule has 1 aromatic rings. The van der Waals surface area contributed by atoms with Gasteiger partial charge in [0.05, 0.1) is 7.11 Å². The molecule has 0 saturated carbocycles. The van der Waals surface area contributed by atoms with Crippen LogP contribution in [0.25, 0.3) is 0 Å². The van der Waals surface area contributed by atoms with Gasteiger partial charge in [-0.25, -0.2) is 4.39 Å². The van der Waals surface area contributed by atoms with E-state index in [2.05, 4.69) is 5.32 Å². The summed E-state index contributed by atoms with van der Waals surface area (Å²) in [5, 5.41) is 3.16. The normalized spacial score (nSPS) is 20.9. The van der Waals surface area contributed by atoms with E-state index in [-0.39, 0.29) is 11.9 Å². The lowest BCUT2D eigenvalue weighted by molar-refractivity contribution is 0.367. The van der Waals surface area contributed by atoms with Gasteiger partial charge in [-0.3, -0.25) is 0 Å². The summed E-state index contributed by atoms with van der Waals surface area (Å²) in [7, 11) is 1.54. The Morgan fingerprint density at radius 1 is 1.54 bits per heavy atom. The molecule has 0 spiro atoms. The van der Waals surface area contributed by atoms with E-state index < -0.39 is 0 Å². The second-order valence-electron chi connectivity index (χ2n) is 3.18. The van der Waals surface area contributed by atoms with Crippen LogP contribution in [-0.4, -0.2) is 13.7 Å². The van der Waals surface area contributed by atoms with Crippen molar-refractivity contribution in [1.29, 1.82) is 0 Å². The molecule has 2 rings (SSSR count). The van der Waals surface area contributed by atoms with Crippen molar-refractivity contribution >= 4 is 0 Å². The zero-order valence-corrected chi connectivity index (χ0v) is 7.51. The second kappa shape index (κ2) is 3.34. The third-order valence-corrected chi connectivity index (χ3v) is 2.41. The fourth-order valence-electron chi connectivity index (χ4n) is 1.47. The van der Waals surface area contributed by atoms with Crippen molar-refractivity contribution < 1.29 is 9.13 Å². The molecule has 0 amide bonds. The molecule has 0 aromatic heterocycles. The Labute approximate surface area is 76.7 Å². The van der Waals surface area contributed by atoms with E-state index in [1.807, 2.05) is 0 Å². The van der Waals surface area contributed by atoms with Crippen molar-refractivity contribution in [2.45, 2.75) is 12.5 Å². The molecule has 1 fully saturated rings. The van der Waals surface area contributed by atoms with Crippen LogP contribution in [0.2, 0.25) is 0 Å². The van der Waals surface area contributed by atoms with Crippen molar-refractivity contribution in [2.75, 3.05) is 13.7 Å². The lowest BCUT2D eigenvalue weighted by Gasteiger charge is -2.28. The third kappa shape index (κ3) is 1.52. The first-order chi connectivity index (χ1) is 6.31. The Hall–Kier alpha value is -1.09. The van der Waals surface area contributed by atoms with Gasteiger partial charge in [0.2, 0.25) is 0 Å². The number of hydrogen-bond donors (Lipinski definition) is 1. The molecule has 70 valence electrons. The highest BCUT2D eigenvalue weighted by molar-refractivity contribution is 5.31. The predicted octanol–water partition coefficient (Wildman–Crippen LogP) is 1.87. The van der Waals surface area contributed by atoms with Crippen LogP contribution in [0.15, 0.2) is 18.2 Å². The van der Waals surface area contributed by atoms with E-state index >= 15 is 0 Å². The van der Waals surface area contributed by atoms with Crippen molar-refractivity contribution in [1.82, 2.24) is 5.32 Å². The van der Waals surface area contributed by atoms with Gasteiger partial charge in [0, 0.05) is 17.7 Å².